The van der Waals surface area contributed by atoms with Gasteiger partial charge < -0.3 is 8.98 Å². The van der Waals surface area contributed by atoms with Gasteiger partial charge in [0.05, 0.1) is 5.52 Å². The highest BCUT2D eigenvalue weighted by Gasteiger charge is 2.39. The highest BCUT2D eigenvalue weighted by atomic mass is 16.3. The summed E-state index contributed by atoms with van der Waals surface area (Å²) in [7, 11) is 0. The fourth-order valence-electron chi connectivity index (χ4n) is 11.1. The van der Waals surface area contributed by atoms with Crippen LogP contribution >= 0.6 is 0 Å². The van der Waals surface area contributed by atoms with E-state index in [1.54, 1.807) is 0 Å². The Kier molecular flexibility index (Phi) is 6.54. The van der Waals surface area contributed by atoms with Crippen molar-refractivity contribution < 1.29 is 4.42 Å². The van der Waals surface area contributed by atoms with Crippen molar-refractivity contribution in [2.75, 3.05) is 0 Å². The zero-order valence-corrected chi connectivity index (χ0v) is 33.1. The first-order valence-corrected chi connectivity index (χ1v) is 20.5. The molecule has 0 amide bonds. The SMILES string of the molecule is CC1CC(c2ccccc2)=Cc2c1n(-c1ccc3c(c1)C(C)(C)c1ccccc1-3)c1ccc(-c3ccc4c(c3)-c3ccc5oc6ccccc6c5c3C4(C)C)cc21. The Balaban J connectivity index is 1.06. The second-order valence-electron chi connectivity index (χ2n) is 17.8. The van der Waals surface area contributed by atoms with Gasteiger partial charge in [-0.3, -0.25) is 0 Å². The summed E-state index contributed by atoms with van der Waals surface area (Å²) in [6.07, 6.45) is 3.49. The van der Waals surface area contributed by atoms with E-state index in [1.165, 1.54) is 105 Å². The number of allylic oxidation sites excluding steroid dienone is 1. The fourth-order valence-corrected chi connectivity index (χ4v) is 11.1. The Morgan fingerprint density at radius 1 is 0.544 bits per heavy atom. The van der Waals surface area contributed by atoms with Crippen LogP contribution < -0.4 is 0 Å². The molecule has 2 nitrogen and oxygen atoms in total. The molecule has 57 heavy (non-hydrogen) atoms. The lowest BCUT2D eigenvalue weighted by Crippen LogP contribution is -2.16. The van der Waals surface area contributed by atoms with Gasteiger partial charge in [0, 0.05) is 49.9 Å². The molecular formula is C55H43NO. The van der Waals surface area contributed by atoms with E-state index in [2.05, 4.69) is 191 Å². The molecule has 0 radical (unpaired) electrons. The number of hydrogen-bond donors (Lipinski definition) is 0. The van der Waals surface area contributed by atoms with Crippen molar-refractivity contribution >= 4 is 44.5 Å². The van der Waals surface area contributed by atoms with Crippen molar-refractivity contribution in [2.45, 2.75) is 57.8 Å². The molecule has 0 N–H and O–H groups in total. The summed E-state index contributed by atoms with van der Waals surface area (Å²) in [5.41, 5.74) is 23.0. The van der Waals surface area contributed by atoms with E-state index in [0.717, 1.165) is 17.6 Å². The zero-order chi connectivity index (χ0) is 38.4. The van der Waals surface area contributed by atoms with E-state index in [1.807, 2.05) is 0 Å². The van der Waals surface area contributed by atoms with Gasteiger partial charge in [-0.1, -0.05) is 138 Å². The predicted octanol–water partition coefficient (Wildman–Crippen LogP) is 14.9. The summed E-state index contributed by atoms with van der Waals surface area (Å²) in [5.74, 6) is 0.337. The summed E-state index contributed by atoms with van der Waals surface area (Å²) in [5, 5.41) is 3.74. The van der Waals surface area contributed by atoms with Crippen LogP contribution in [0, 0.1) is 0 Å². The van der Waals surface area contributed by atoms with Gasteiger partial charge >= 0.3 is 0 Å². The Bertz CT molecular complexity index is 3220. The van der Waals surface area contributed by atoms with E-state index in [4.69, 9.17) is 4.42 Å². The van der Waals surface area contributed by atoms with E-state index in [0.29, 0.717) is 5.92 Å². The maximum Gasteiger partial charge on any atom is 0.135 e. The summed E-state index contributed by atoms with van der Waals surface area (Å²) in [4.78, 5) is 0. The van der Waals surface area contributed by atoms with Crippen molar-refractivity contribution in [1.82, 2.24) is 4.57 Å². The Labute approximate surface area is 333 Å². The third-order valence-electron chi connectivity index (χ3n) is 13.8. The van der Waals surface area contributed by atoms with Crippen molar-refractivity contribution in [1.29, 1.82) is 0 Å². The van der Waals surface area contributed by atoms with Gasteiger partial charge in [0.1, 0.15) is 11.2 Å². The molecule has 0 spiro atoms. The molecule has 1 atom stereocenters. The summed E-state index contributed by atoms with van der Waals surface area (Å²) < 4.78 is 8.95. The largest absolute Gasteiger partial charge is 0.456 e. The van der Waals surface area contributed by atoms with E-state index < -0.39 is 0 Å². The topological polar surface area (TPSA) is 18.1 Å². The van der Waals surface area contributed by atoms with Crippen molar-refractivity contribution in [3.63, 3.8) is 0 Å². The van der Waals surface area contributed by atoms with Crippen LogP contribution in [0.5, 0.6) is 0 Å². The molecule has 3 aliphatic rings. The minimum Gasteiger partial charge on any atom is -0.456 e. The lowest BCUT2D eigenvalue weighted by atomic mass is 9.80. The van der Waals surface area contributed by atoms with Gasteiger partial charge in [-0.05, 0) is 122 Å². The number of rotatable bonds is 3. The van der Waals surface area contributed by atoms with Gasteiger partial charge in [0.15, 0.2) is 0 Å². The van der Waals surface area contributed by atoms with Gasteiger partial charge in [-0.25, -0.2) is 0 Å². The van der Waals surface area contributed by atoms with Crippen LogP contribution in [0.2, 0.25) is 0 Å². The highest BCUT2D eigenvalue weighted by molar-refractivity contribution is 6.11. The second kappa shape index (κ2) is 11.4. The Hall–Kier alpha value is -6.38. The Morgan fingerprint density at radius 3 is 2.14 bits per heavy atom. The molecule has 9 aromatic rings. The number of benzene rings is 7. The molecule has 1 unspecified atom stereocenters. The molecule has 2 aromatic heterocycles. The Morgan fingerprint density at radius 2 is 1.26 bits per heavy atom. The average molecular weight is 734 g/mol. The average Bonchev–Trinajstić information content (AvgIpc) is 3.91. The first-order valence-electron chi connectivity index (χ1n) is 20.5. The van der Waals surface area contributed by atoms with Crippen molar-refractivity contribution in [3.8, 4) is 39.1 Å². The van der Waals surface area contributed by atoms with Crippen LogP contribution in [-0.2, 0) is 10.8 Å². The van der Waals surface area contributed by atoms with Gasteiger partial charge in [-0.15, -0.1) is 0 Å². The standard InChI is InChI=1S/C55H43NO/c1-32-27-36(33-13-7-6-8-14-33)30-44-43-29-35(20-25-48(43)56(53(32)44)37-21-22-39-38-15-9-11-17-45(38)54(2,3)47(39)31-37)34-19-24-46-42(28-34)40-23-26-50-51(52(40)55(46,4)5)41-16-10-12-18-49(41)57-50/h6-26,28-32H,27H2,1-5H3. The van der Waals surface area contributed by atoms with Gasteiger partial charge in [0.25, 0.3) is 0 Å². The third-order valence-corrected chi connectivity index (χ3v) is 13.8. The predicted molar refractivity (Wildman–Crippen MR) is 238 cm³/mol. The molecule has 0 saturated heterocycles. The van der Waals surface area contributed by atoms with E-state index >= 15 is 0 Å². The first kappa shape index (κ1) is 32.8. The van der Waals surface area contributed by atoms with Gasteiger partial charge in [-0.2, -0.15) is 0 Å². The van der Waals surface area contributed by atoms with Crippen molar-refractivity contribution in [3.05, 3.63) is 185 Å². The smallest absolute Gasteiger partial charge is 0.135 e. The molecule has 0 aliphatic heterocycles. The summed E-state index contributed by atoms with van der Waals surface area (Å²) in [6, 6.07) is 54.4. The molecule has 7 aromatic carbocycles. The lowest BCUT2D eigenvalue weighted by Gasteiger charge is -2.25. The number of furan rings is 1. The maximum absolute atomic E-state index is 6.37. The molecule has 0 saturated carbocycles. The molecule has 2 heterocycles. The molecule has 12 rings (SSSR count). The number of nitrogens with zero attached hydrogens (tertiary/aromatic N) is 1. The van der Waals surface area contributed by atoms with Crippen LogP contribution in [0.3, 0.4) is 0 Å². The highest BCUT2D eigenvalue weighted by Crippen LogP contribution is 2.55. The maximum atomic E-state index is 6.37. The normalized spacial score (nSPS) is 17.0. The van der Waals surface area contributed by atoms with Crippen LogP contribution in [0.1, 0.15) is 86.0 Å². The van der Waals surface area contributed by atoms with Crippen molar-refractivity contribution in [2.24, 2.45) is 0 Å². The van der Waals surface area contributed by atoms with E-state index in [-0.39, 0.29) is 10.8 Å². The molecular weight excluding hydrogens is 691 g/mol. The number of fused-ring (bicyclic) bond motifs is 13. The van der Waals surface area contributed by atoms with Crippen LogP contribution in [-0.4, -0.2) is 4.57 Å². The lowest BCUT2D eigenvalue weighted by molar-refractivity contribution is 0.657. The quantitative estimate of drug-likeness (QED) is 0.177. The molecule has 274 valence electrons. The minimum absolute atomic E-state index is 0.0681. The monoisotopic (exact) mass is 733 g/mol. The third kappa shape index (κ3) is 4.42. The number of aromatic nitrogens is 1. The summed E-state index contributed by atoms with van der Waals surface area (Å²) >= 11 is 0. The van der Waals surface area contributed by atoms with Crippen LogP contribution in [0.25, 0.3) is 83.6 Å². The summed E-state index contributed by atoms with van der Waals surface area (Å²) in [6.45, 7) is 11.9. The van der Waals surface area contributed by atoms with Gasteiger partial charge in [0.2, 0.25) is 0 Å². The zero-order valence-electron chi connectivity index (χ0n) is 33.1. The first-order chi connectivity index (χ1) is 27.7. The van der Waals surface area contributed by atoms with E-state index in [9.17, 15) is 0 Å². The van der Waals surface area contributed by atoms with Crippen LogP contribution in [0.4, 0.5) is 0 Å². The number of para-hydroxylation sites is 1. The fraction of sp³-hybridized carbons (Fsp3) is 0.164. The van der Waals surface area contributed by atoms with Crippen LogP contribution in [0.15, 0.2) is 150 Å². The second-order valence-corrected chi connectivity index (χ2v) is 17.8. The molecule has 2 heteroatoms. The number of hydrogen-bond acceptors (Lipinski definition) is 1. The molecule has 3 aliphatic carbocycles. The molecule has 0 fully saturated rings. The molecule has 0 bridgehead atoms. The minimum atomic E-state index is -0.157.